The second-order valence-corrected chi connectivity index (χ2v) is 5.64. The van der Waals surface area contributed by atoms with Crippen molar-refractivity contribution in [3.05, 3.63) is 53.2 Å². The monoisotopic (exact) mass is 297 g/mol. The van der Waals surface area contributed by atoms with Crippen LogP contribution in [0.4, 0.5) is 5.82 Å². The van der Waals surface area contributed by atoms with Gasteiger partial charge in [-0.15, -0.1) is 0 Å². The normalized spacial score (nSPS) is 14.5. The smallest absolute Gasteiger partial charge is 0.255 e. The molecule has 0 radical (unpaired) electrons. The fourth-order valence-corrected chi connectivity index (χ4v) is 2.54. The van der Waals surface area contributed by atoms with Gasteiger partial charge in [0, 0.05) is 6.20 Å². The molecule has 1 aromatic heterocycles. The molecular formula is C17H19N3O2. The Kier molecular flexibility index (Phi) is 3.71. The zero-order chi connectivity index (χ0) is 15.7. The molecule has 0 spiro atoms. The Morgan fingerprint density at radius 1 is 1.23 bits per heavy atom. The highest BCUT2D eigenvalue weighted by Crippen LogP contribution is 2.26. The summed E-state index contributed by atoms with van der Waals surface area (Å²) in [5.41, 5.74) is 8.32. The van der Waals surface area contributed by atoms with E-state index in [1.807, 2.05) is 32.0 Å². The lowest BCUT2D eigenvalue weighted by atomic mass is 10.1. The molecule has 0 unspecified atom stereocenters. The van der Waals surface area contributed by atoms with Crippen molar-refractivity contribution in [3.63, 3.8) is 0 Å². The molecule has 0 atom stereocenters. The Morgan fingerprint density at radius 3 is 2.50 bits per heavy atom. The number of likely N-dealkylation sites (tertiary alicyclic amines) is 1. The van der Waals surface area contributed by atoms with E-state index in [0.29, 0.717) is 24.5 Å². The summed E-state index contributed by atoms with van der Waals surface area (Å²) in [6.07, 6.45) is 1.56. The molecule has 2 aromatic rings. The number of pyridine rings is 1. The third kappa shape index (κ3) is 2.74. The van der Waals surface area contributed by atoms with E-state index < -0.39 is 0 Å². The molecule has 2 heterocycles. The predicted octanol–water partition coefficient (Wildman–Crippen LogP) is 2.18. The topological polar surface area (TPSA) is 68.5 Å². The van der Waals surface area contributed by atoms with Crippen LogP contribution in [0.3, 0.4) is 0 Å². The third-order valence-corrected chi connectivity index (χ3v) is 3.86. The fourth-order valence-electron chi connectivity index (χ4n) is 2.54. The van der Waals surface area contributed by atoms with E-state index in [4.69, 9.17) is 10.5 Å². The van der Waals surface area contributed by atoms with E-state index in [9.17, 15) is 4.79 Å². The minimum absolute atomic E-state index is 0.0335. The molecular weight excluding hydrogens is 278 g/mol. The zero-order valence-corrected chi connectivity index (χ0v) is 12.7. The highest BCUT2D eigenvalue weighted by molar-refractivity contribution is 5.94. The highest BCUT2D eigenvalue weighted by atomic mass is 16.5. The summed E-state index contributed by atoms with van der Waals surface area (Å²) < 4.78 is 6.02. The number of carbonyl (C=O) groups excluding carboxylic acids is 1. The number of hydrogen-bond donors (Lipinski definition) is 1. The molecule has 22 heavy (non-hydrogen) atoms. The lowest BCUT2D eigenvalue weighted by Gasteiger charge is -2.39. The Morgan fingerprint density at radius 2 is 1.91 bits per heavy atom. The van der Waals surface area contributed by atoms with Crippen LogP contribution < -0.4 is 10.5 Å². The summed E-state index contributed by atoms with van der Waals surface area (Å²) >= 11 is 0. The third-order valence-electron chi connectivity index (χ3n) is 3.86. The standard InChI is InChI=1S/C17H19N3O2/c1-11-4-3-5-12(2)16(11)22-14-9-20(10-14)17(21)13-6-7-15(18)19-8-13/h3-8,14H,9-10H2,1-2H3,(H2,18,19). The number of amides is 1. The number of benzene rings is 1. The molecule has 2 N–H and O–H groups in total. The Bertz CT molecular complexity index is 671. The van der Waals surface area contributed by atoms with Crippen molar-refractivity contribution in [3.8, 4) is 5.75 Å². The first-order chi connectivity index (χ1) is 10.5. The van der Waals surface area contributed by atoms with E-state index in [-0.39, 0.29) is 12.0 Å². The Hall–Kier alpha value is -2.56. The lowest BCUT2D eigenvalue weighted by Crippen LogP contribution is -2.56. The first-order valence-electron chi connectivity index (χ1n) is 7.28. The van der Waals surface area contributed by atoms with Gasteiger partial charge in [0.1, 0.15) is 17.7 Å². The number of rotatable bonds is 3. The van der Waals surface area contributed by atoms with Crippen molar-refractivity contribution >= 4 is 11.7 Å². The molecule has 1 aliphatic rings. The number of nitrogens with zero attached hydrogens (tertiary/aromatic N) is 2. The number of carbonyl (C=O) groups is 1. The molecule has 0 aliphatic carbocycles. The van der Waals surface area contributed by atoms with Crippen LogP contribution in [0.1, 0.15) is 21.5 Å². The average molecular weight is 297 g/mol. The summed E-state index contributed by atoms with van der Waals surface area (Å²) in [4.78, 5) is 18.0. The van der Waals surface area contributed by atoms with Crippen LogP contribution in [-0.4, -0.2) is 35.0 Å². The molecule has 3 rings (SSSR count). The van der Waals surface area contributed by atoms with Crippen molar-refractivity contribution < 1.29 is 9.53 Å². The number of nitrogen functional groups attached to an aromatic ring is 1. The minimum atomic E-state index is -0.0335. The number of hydrogen-bond acceptors (Lipinski definition) is 4. The maximum absolute atomic E-state index is 12.3. The molecule has 1 aliphatic heterocycles. The zero-order valence-electron chi connectivity index (χ0n) is 12.7. The molecule has 0 saturated carbocycles. The summed E-state index contributed by atoms with van der Waals surface area (Å²) in [5.74, 6) is 1.30. The van der Waals surface area contributed by atoms with Crippen LogP contribution >= 0.6 is 0 Å². The number of nitrogens with two attached hydrogens (primary N) is 1. The van der Waals surface area contributed by atoms with Gasteiger partial charge in [-0.05, 0) is 37.1 Å². The quantitative estimate of drug-likeness (QED) is 0.943. The summed E-state index contributed by atoms with van der Waals surface area (Å²) in [6.45, 7) is 5.25. The van der Waals surface area contributed by atoms with Gasteiger partial charge < -0.3 is 15.4 Å². The molecule has 114 valence electrons. The fraction of sp³-hybridized carbons (Fsp3) is 0.294. The van der Waals surface area contributed by atoms with Gasteiger partial charge in [-0.25, -0.2) is 4.98 Å². The van der Waals surface area contributed by atoms with E-state index in [1.165, 1.54) is 6.20 Å². The van der Waals surface area contributed by atoms with Gasteiger partial charge in [0.2, 0.25) is 0 Å². The van der Waals surface area contributed by atoms with E-state index in [0.717, 1.165) is 16.9 Å². The van der Waals surface area contributed by atoms with Gasteiger partial charge in [0.25, 0.3) is 5.91 Å². The molecule has 1 fully saturated rings. The molecule has 5 heteroatoms. The second-order valence-electron chi connectivity index (χ2n) is 5.64. The summed E-state index contributed by atoms with van der Waals surface area (Å²) in [7, 11) is 0. The van der Waals surface area contributed by atoms with Gasteiger partial charge in [-0.2, -0.15) is 0 Å². The minimum Gasteiger partial charge on any atom is -0.486 e. The van der Waals surface area contributed by atoms with Crippen molar-refractivity contribution in [1.82, 2.24) is 9.88 Å². The van der Waals surface area contributed by atoms with Gasteiger partial charge in [0.05, 0.1) is 18.7 Å². The van der Waals surface area contributed by atoms with Crippen LogP contribution in [0.5, 0.6) is 5.75 Å². The number of para-hydroxylation sites is 1. The summed E-state index contributed by atoms with van der Waals surface area (Å²) in [5, 5.41) is 0. The van der Waals surface area contributed by atoms with Crippen LogP contribution in [0.15, 0.2) is 36.5 Å². The number of anilines is 1. The largest absolute Gasteiger partial charge is 0.486 e. The van der Waals surface area contributed by atoms with Crippen molar-refractivity contribution in [1.29, 1.82) is 0 Å². The number of aryl methyl sites for hydroxylation is 2. The van der Waals surface area contributed by atoms with Gasteiger partial charge >= 0.3 is 0 Å². The first-order valence-corrected chi connectivity index (χ1v) is 7.28. The van der Waals surface area contributed by atoms with Crippen molar-refractivity contribution in [2.45, 2.75) is 20.0 Å². The lowest BCUT2D eigenvalue weighted by molar-refractivity contribution is 0.0173. The molecule has 1 saturated heterocycles. The SMILES string of the molecule is Cc1cccc(C)c1OC1CN(C(=O)c2ccc(N)nc2)C1. The van der Waals surface area contributed by atoms with Crippen LogP contribution in [0, 0.1) is 13.8 Å². The maximum atomic E-state index is 12.3. The second kappa shape index (κ2) is 5.67. The predicted molar refractivity (Wildman–Crippen MR) is 84.9 cm³/mol. The van der Waals surface area contributed by atoms with E-state index in [1.54, 1.807) is 17.0 Å². The van der Waals surface area contributed by atoms with Crippen molar-refractivity contribution in [2.75, 3.05) is 18.8 Å². The van der Waals surface area contributed by atoms with Crippen LogP contribution in [0.2, 0.25) is 0 Å². The highest BCUT2D eigenvalue weighted by Gasteiger charge is 2.33. The van der Waals surface area contributed by atoms with Gasteiger partial charge in [0.15, 0.2) is 0 Å². The summed E-state index contributed by atoms with van der Waals surface area (Å²) in [6, 6.07) is 9.41. The number of aromatic nitrogens is 1. The molecule has 0 bridgehead atoms. The number of ether oxygens (including phenoxy) is 1. The maximum Gasteiger partial charge on any atom is 0.255 e. The van der Waals surface area contributed by atoms with Crippen LogP contribution in [0.25, 0.3) is 0 Å². The van der Waals surface area contributed by atoms with Crippen molar-refractivity contribution in [2.24, 2.45) is 0 Å². The van der Waals surface area contributed by atoms with Gasteiger partial charge in [-0.1, -0.05) is 18.2 Å². The van der Waals surface area contributed by atoms with Crippen LogP contribution in [-0.2, 0) is 0 Å². The first kappa shape index (κ1) is 14.4. The average Bonchev–Trinajstić information content (AvgIpc) is 2.45. The molecule has 5 nitrogen and oxygen atoms in total. The molecule has 1 amide bonds. The Labute approximate surface area is 129 Å². The Balaban J connectivity index is 1.60. The molecule has 1 aromatic carbocycles. The van der Waals surface area contributed by atoms with Gasteiger partial charge in [-0.3, -0.25) is 4.79 Å². The van der Waals surface area contributed by atoms with E-state index >= 15 is 0 Å². The van der Waals surface area contributed by atoms with E-state index in [2.05, 4.69) is 4.98 Å².